The van der Waals surface area contributed by atoms with Crippen molar-refractivity contribution in [1.29, 1.82) is 0 Å². The molecule has 0 aromatic heterocycles. The molecule has 0 radical (unpaired) electrons. The standard InChI is InChI=1S/C12H10.C8H8O3S.Na.H/c1-3-7-11(8-4-1)12-9-5-2-6-10-12;9-12(10,11)7-6-8-4-2-1-3-5-8;;/h1-10H;1-7H,(H,9,10,11);;/q;;+1;-1. The minimum absolute atomic E-state index is 0. The van der Waals surface area contributed by atoms with Gasteiger partial charge in [-0.2, -0.15) is 8.42 Å². The summed E-state index contributed by atoms with van der Waals surface area (Å²) < 4.78 is 28.9. The Balaban J connectivity index is 0.000000446. The maximum absolute atomic E-state index is 10.3. The van der Waals surface area contributed by atoms with Crippen LogP contribution < -0.4 is 29.6 Å². The first-order valence-corrected chi connectivity index (χ1v) is 8.86. The summed E-state index contributed by atoms with van der Waals surface area (Å²) in [6.07, 6.45) is 1.33. The summed E-state index contributed by atoms with van der Waals surface area (Å²) >= 11 is 0. The summed E-state index contributed by atoms with van der Waals surface area (Å²) in [6.45, 7) is 0. The van der Waals surface area contributed by atoms with Gasteiger partial charge in [-0.1, -0.05) is 91.0 Å². The van der Waals surface area contributed by atoms with E-state index in [1.807, 2.05) is 18.2 Å². The summed E-state index contributed by atoms with van der Waals surface area (Å²) in [5.74, 6) is 0. The Labute approximate surface area is 172 Å². The van der Waals surface area contributed by atoms with Gasteiger partial charge in [0.05, 0.1) is 5.41 Å². The molecule has 5 heteroatoms. The van der Waals surface area contributed by atoms with Crippen LogP contribution in [0.1, 0.15) is 6.99 Å². The molecule has 3 aromatic rings. The van der Waals surface area contributed by atoms with E-state index in [2.05, 4.69) is 48.5 Å². The predicted octanol–water partition coefficient (Wildman–Crippen LogP) is 2.02. The van der Waals surface area contributed by atoms with E-state index in [0.29, 0.717) is 0 Å². The van der Waals surface area contributed by atoms with Crippen LogP contribution in [0.25, 0.3) is 17.2 Å². The second kappa shape index (κ2) is 11.0. The molecule has 0 amide bonds. The summed E-state index contributed by atoms with van der Waals surface area (Å²) in [6, 6.07) is 29.6. The van der Waals surface area contributed by atoms with Gasteiger partial charge in [0.15, 0.2) is 0 Å². The summed E-state index contributed by atoms with van der Waals surface area (Å²) in [4.78, 5) is 0. The van der Waals surface area contributed by atoms with E-state index >= 15 is 0 Å². The molecule has 0 unspecified atom stereocenters. The Hall–Kier alpha value is -1.69. The third kappa shape index (κ3) is 8.82. The van der Waals surface area contributed by atoms with Gasteiger partial charge in [0.1, 0.15) is 0 Å². The smallest absolute Gasteiger partial charge is 1.00 e. The Bertz CT molecular complexity index is 831. The zero-order valence-corrected chi connectivity index (χ0v) is 16.8. The molecule has 0 aliphatic rings. The van der Waals surface area contributed by atoms with Gasteiger partial charge in [-0.05, 0) is 22.8 Å². The van der Waals surface area contributed by atoms with Crippen molar-refractivity contribution in [2.45, 2.75) is 0 Å². The van der Waals surface area contributed by atoms with Crippen molar-refractivity contribution in [2.24, 2.45) is 0 Å². The van der Waals surface area contributed by atoms with Gasteiger partial charge in [0.25, 0.3) is 10.1 Å². The minimum atomic E-state index is -4.00. The molecule has 0 aliphatic carbocycles. The average Bonchev–Trinajstić information content (AvgIpc) is 2.62. The molecule has 0 saturated heterocycles. The molecule has 0 bridgehead atoms. The number of benzene rings is 3. The molecule has 25 heavy (non-hydrogen) atoms. The van der Waals surface area contributed by atoms with Crippen molar-refractivity contribution in [3.63, 3.8) is 0 Å². The molecule has 0 fully saturated rings. The fourth-order valence-electron chi connectivity index (χ4n) is 1.99. The van der Waals surface area contributed by atoms with Crippen LogP contribution in [0.2, 0.25) is 0 Å². The Morgan fingerprint density at radius 1 is 0.680 bits per heavy atom. The van der Waals surface area contributed by atoms with Crippen molar-refractivity contribution < 1.29 is 44.0 Å². The number of hydrogen-bond donors (Lipinski definition) is 1. The Morgan fingerprint density at radius 3 is 1.40 bits per heavy atom. The van der Waals surface area contributed by atoms with Crippen LogP contribution >= 0.6 is 0 Å². The molecular formula is C20H19NaO3S. The van der Waals surface area contributed by atoms with E-state index in [0.717, 1.165) is 11.0 Å². The van der Waals surface area contributed by atoms with Crippen LogP contribution in [0.4, 0.5) is 0 Å². The molecule has 0 spiro atoms. The van der Waals surface area contributed by atoms with Crippen LogP contribution in [0.15, 0.2) is 96.4 Å². The Morgan fingerprint density at radius 2 is 1.04 bits per heavy atom. The Kier molecular flexibility index (Phi) is 9.42. The molecule has 0 heterocycles. The van der Waals surface area contributed by atoms with E-state index in [1.54, 1.807) is 24.3 Å². The predicted molar refractivity (Wildman–Crippen MR) is 100 cm³/mol. The molecule has 0 saturated carbocycles. The number of hydrogen-bond acceptors (Lipinski definition) is 2. The monoisotopic (exact) mass is 362 g/mol. The molecule has 3 aromatic carbocycles. The number of rotatable bonds is 3. The van der Waals surface area contributed by atoms with E-state index in [4.69, 9.17) is 4.55 Å². The van der Waals surface area contributed by atoms with Crippen molar-refractivity contribution >= 4 is 16.2 Å². The zero-order valence-electron chi connectivity index (χ0n) is 15.0. The van der Waals surface area contributed by atoms with E-state index in [9.17, 15) is 8.42 Å². The van der Waals surface area contributed by atoms with E-state index in [-0.39, 0.29) is 31.0 Å². The molecule has 124 valence electrons. The molecule has 0 aliphatic heterocycles. The van der Waals surface area contributed by atoms with Crippen LogP contribution in [0.3, 0.4) is 0 Å². The van der Waals surface area contributed by atoms with E-state index < -0.39 is 10.1 Å². The fourth-order valence-corrected chi connectivity index (χ4v) is 2.32. The van der Waals surface area contributed by atoms with Crippen LogP contribution in [0, 0.1) is 0 Å². The minimum Gasteiger partial charge on any atom is -1.00 e. The fraction of sp³-hybridized carbons (Fsp3) is 0. The van der Waals surface area contributed by atoms with Gasteiger partial charge in [0.2, 0.25) is 0 Å². The second-order valence-electron chi connectivity index (χ2n) is 4.96. The average molecular weight is 362 g/mol. The van der Waals surface area contributed by atoms with Crippen molar-refractivity contribution in [1.82, 2.24) is 0 Å². The zero-order chi connectivity index (χ0) is 17.3. The van der Waals surface area contributed by atoms with Crippen molar-refractivity contribution in [3.05, 3.63) is 102 Å². The van der Waals surface area contributed by atoms with Gasteiger partial charge in [-0.3, -0.25) is 4.55 Å². The van der Waals surface area contributed by atoms with Crippen LogP contribution in [0.5, 0.6) is 0 Å². The van der Waals surface area contributed by atoms with Crippen molar-refractivity contribution in [3.8, 4) is 11.1 Å². The van der Waals surface area contributed by atoms with Crippen LogP contribution in [-0.4, -0.2) is 13.0 Å². The molecular weight excluding hydrogens is 343 g/mol. The third-order valence-electron chi connectivity index (χ3n) is 3.11. The molecule has 0 atom stereocenters. The molecule has 3 rings (SSSR count). The second-order valence-corrected chi connectivity index (χ2v) is 6.26. The largest absolute Gasteiger partial charge is 1.00 e. The first-order chi connectivity index (χ1) is 11.5. The normalized spacial score (nSPS) is 10.4. The van der Waals surface area contributed by atoms with Gasteiger partial charge < -0.3 is 1.43 Å². The molecule has 1 N–H and O–H groups in total. The first kappa shape index (κ1) is 21.4. The maximum Gasteiger partial charge on any atom is 1.00 e. The van der Waals surface area contributed by atoms with Gasteiger partial charge in [-0.25, -0.2) is 0 Å². The maximum atomic E-state index is 10.3. The first-order valence-electron chi connectivity index (χ1n) is 7.36. The van der Waals surface area contributed by atoms with Crippen LogP contribution in [-0.2, 0) is 10.1 Å². The van der Waals surface area contributed by atoms with Gasteiger partial charge in [-0.15, -0.1) is 0 Å². The molecule has 3 nitrogen and oxygen atoms in total. The van der Waals surface area contributed by atoms with E-state index in [1.165, 1.54) is 17.2 Å². The summed E-state index contributed by atoms with van der Waals surface area (Å²) in [5.41, 5.74) is 3.28. The van der Waals surface area contributed by atoms with Crippen molar-refractivity contribution in [2.75, 3.05) is 0 Å². The SMILES string of the molecule is O=S(=O)(O)C=Cc1ccccc1.[H-].[Na+].c1ccc(-c2ccccc2)cc1. The van der Waals surface area contributed by atoms with Gasteiger partial charge >= 0.3 is 29.6 Å². The summed E-state index contributed by atoms with van der Waals surface area (Å²) in [7, 11) is -4.00. The topological polar surface area (TPSA) is 54.4 Å². The van der Waals surface area contributed by atoms with Gasteiger partial charge in [0, 0.05) is 0 Å². The third-order valence-corrected chi connectivity index (χ3v) is 3.59. The summed E-state index contributed by atoms with van der Waals surface area (Å²) in [5, 5.41) is 0.752. The quantitative estimate of drug-likeness (QED) is 0.573.